The highest BCUT2D eigenvalue weighted by molar-refractivity contribution is 6.12. The van der Waals surface area contributed by atoms with Crippen molar-refractivity contribution in [3.05, 3.63) is 156 Å². The number of para-hydroxylation sites is 1. The van der Waals surface area contributed by atoms with Crippen molar-refractivity contribution in [1.29, 1.82) is 0 Å². The Hall–Kier alpha value is -5.54. The van der Waals surface area contributed by atoms with Gasteiger partial charge in [0.1, 0.15) is 0 Å². The summed E-state index contributed by atoms with van der Waals surface area (Å²) in [5.74, 6) is 0.344. The largest absolute Gasteiger partial charge is 0.336 e. The van der Waals surface area contributed by atoms with Crippen LogP contribution in [0, 0.1) is 12.3 Å². The molecule has 3 heteroatoms. The van der Waals surface area contributed by atoms with Gasteiger partial charge in [-0.1, -0.05) is 92.7 Å². The molecule has 3 aromatic heterocycles. The molecule has 52 heavy (non-hydrogen) atoms. The minimum atomic E-state index is 0.00732. The van der Waals surface area contributed by atoms with Crippen LogP contribution in [-0.4, -0.2) is 4.57 Å². The second kappa shape index (κ2) is 11.5. The molecule has 0 saturated carbocycles. The van der Waals surface area contributed by atoms with Crippen LogP contribution >= 0.6 is 0 Å². The van der Waals surface area contributed by atoms with Gasteiger partial charge in [-0.25, -0.2) is 0 Å². The van der Waals surface area contributed by atoms with Crippen LogP contribution in [0.5, 0.6) is 0 Å². The van der Waals surface area contributed by atoms with E-state index in [0.29, 0.717) is 12.0 Å². The van der Waals surface area contributed by atoms with E-state index in [1.165, 1.54) is 77.7 Å². The lowest BCUT2D eigenvalue weighted by atomic mass is 9.77. The van der Waals surface area contributed by atoms with E-state index in [1.54, 1.807) is 0 Å². The van der Waals surface area contributed by atoms with E-state index in [4.69, 9.17) is 6.58 Å². The zero-order valence-corrected chi connectivity index (χ0v) is 30.6. The predicted molar refractivity (Wildman–Crippen MR) is 215 cm³/mol. The molecule has 0 radical (unpaired) electrons. The van der Waals surface area contributed by atoms with Gasteiger partial charge in [-0.15, -0.1) is 0 Å². The highest BCUT2D eigenvalue weighted by Crippen LogP contribution is 2.47. The Morgan fingerprint density at radius 2 is 1.58 bits per heavy atom. The summed E-state index contributed by atoms with van der Waals surface area (Å²) in [4.78, 5) is 0. The highest BCUT2D eigenvalue weighted by Gasteiger charge is 2.43. The summed E-state index contributed by atoms with van der Waals surface area (Å²) in [5, 5.41) is 2.66. The van der Waals surface area contributed by atoms with Crippen LogP contribution < -0.4 is 9.13 Å². The van der Waals surface area contributed by atoms with Gasteiger partial charge in [0.2, 0.25) is 11.4 Å². The molecular weight excluding hydrogens is 631 g/mol. The van der Waals surface area contributed by atoms with Gasteiger partial charge in [0.05, 0.1) is 17.5 Å². The first-order valence-electron chi connectivity index (χ1n) is 19.0. The summed E-state index contributed by atoms with van der Waals surface area (Å²) in [6, 6.07) is 41.6. The monoisotopic (exact) mass is 675 g/mol. The molecule has 0 spiro atoms. The Morgan fingerprint density at radius 1 is 0.769 bits per heavy atom. The molecule has 0 fully saturated rings. The third-order valence-electron chi connectivity index (χ3n) is 12.7. The molecule has 3 atom stereocenters. The van der Waals surface area contributed by atoms with Crippen molar-refractivity contribution in [3.8, 4) is 33.6 Å². The van der Waals surface area contributed by atoms with Gasteiger partial charge in [-0.05, 0) is 85.9 Å². The van der Waals surface area contributed by atoms with Crippen LogP contribution in [0.1, 0.15) is 73.9 Å². The zero-order chi connectivity index (χ0) is 35.3. The zero-order valence-electron chi connectivity index (χ0n) is 30.6. The smallest absolute Gasteiger partial charge is 0.218 e. The SMILES string of the molecule is C=C1CC2C(CCc3cc4c(cc3-c3ccc(-c5ccccc5)c[n+]31)c1cccc3c1n4[C@H](C)C(C)(C)C=C3)c1ccccc1-c1ccc(C)c[n+]12. The van der Waals surface area contributed by atoms with Gasteiger partial charge in [0, 0.05) is 62.5 Å². The van der Waals surface area contributed by atoms with E-state index in [0.717, 1.165) is 25.0 Å². The van der Waals surface area contributed by atoms with Crippen LogP contribution in [0.4, 0.5) is 0 Å². The first kappa shape index (κ1) is 31.2. The summed E-state index contributed by atoms with van der Waals surface area (Å²) >= 11 is 0. The first-order chi connectivity index (χ1) is 25.3. The summed E-state index contributed by atoms with van der Waals surface area (Å²) in [5.41, 5.74) is 16.9. The van der Waals surface area contributed by atoms with Gasteiger partial charge in [-0.2, -0.15) is 9.13 Å². The number of fused-ring (bicyclic) bond motifs is 12. The van der Waals surface area contributed by atoms with E-state index in [-0.39, 0.29) is 11.5 Å². The second-order valence-corrected chi connectivity index (χ2v) is 16.1. The maximum absolute atomic E-state index is 4.90. The Balaban J connectivity index is 1.25. The fourth-order valence-electron chi connectivity index (χ4n) is 9.58. The van der Waals surface area contributed by atoms with E-state index >= 15 is 0 Å². The van der Waals surface area contributed by atoms with Gasteiger partial charge >= 0.3 is 0 Å². The molecule has 0 saturated heterocycles. The van der Waals surface area contributed by atoms with Crippen molar-refractivity contribution < 1.29 is 9.13 Å². The lowest BCUT2D eigenvalue weighted by Crippen LogP contribution is -2.49. The number of aromatic nitrogens is 3. The number of benzene rings is 4. The normalized spacial score (nSPS) is 20.0. The number of aryl methyl sites for hydroxylation is 2. The molecule has 2 unspecified atom stereocenters. The lowest BCUT2D eigenvalue weighted by Gasteiger charge is -2.32. The summed E-state index contributed by atoms with van der Waals surface area (Å²) < 4.78 is 7.65. The van der Waals surface area contributed by atoms with Gasteiger partial charge < -0.3 is 4.57 Å². The van der Waals surface area contributed by atoms with E-state index in [1.807, 2.05) is 0 Å². The number of pyridine rings is 2. The fraction of sp³-hybridized carbons (Fsp3) is 0.224. The third-order valence-corrected chi connectivity index (χ3v) is 12.7. The van der Waals surface area contributed by atoms with Gasteiger partial charge in [0.25, 0.3) is 0 Å². The maximum atomic E-state index is 4.90. The molecular formula is C49H45N3+2. The molecule has 0 N–H and O–H groups in total. The average molecular weight is 676 g/mol. The van der Waals surface area contributed by atoms with Crippen LogP contribution in [0.3, 0.4) is 0 Å². The van der Waals surface area contributed by atoms with Crippen molar-refractivity contribution >= 4 is 33.6 Å². The predicted octanol–water partition coefficient (Wildman–Crippen LogP) is 11.4. The standard InChI is InChI=1S/C49H45N3/c1-31-18-22-44-39-16-10-9-15-38(39)40-21-19-36-27-47-43(41-17-11-14-35-24-25-49(4,5)33(3)52(47)48(35)41)28-42(36)45-23-20-37(34-12-7-6-8-13-34)30-50(45)32(2)26-46(40)51(44)29-31/h6-18,20,22-25,27-30,33,40,46H,2,19,21,26H2,1,3-5H3/q+2/t33-,40?,46?/m1/s1. The molecule has 0 amide bonds. The van der Waals surface area contributed by atoms with Crippen LogP contribution in [0.2, 0.25) is 0 Å². The molecule has 254 valence electrons. The molecule has 4 aromatic carbocycles. The Labute approximate surface area is 306 Å². The molecule has 0 bridgehead atoms. The van der Waals surface area contributed by atoms with Crippen LogP contribution in [-0.2, 0) is 6.42 Å². The second-order valence-electron chi connectivity index (χ2n) is 16.1. The topological polar surface area (TPSA) is 12.7 Å². The van der Waals surface area contributed by atoms with E-state index in [2.05, 4.69) is 175 Å². The quantitative estimate of drug-likeness (QED) is 0.154. The minimum Gasteiger partial charge on any atom is -0.336 e. The highest BCUT2D eigenvalue weighted by atomic mass is 15.1. The van der Waals surface area contributed by atoms with E-state index < -0.39 is 0 Å². The number of rotatable bonds is 1. The minimum absolute atomic E-state index is 0.00732. The molecule has 7 aromatic rings. The molecule has 3 nitrogen and oxygen atoms in total. The molecule has 3 aliphatic rings. The Morgan fingerprint density at radius 3 is 2.44 bits per heavy atom. The fourth-order valence-corrected chi connectivity index (χ4v) is 9.58. The summed E-state index contributed by atoms with van der Waals surface area (Å²) in [6.45, 7) is 14.3. The van der Waals surface area contributed by atoms with Crippen molar-refractivity contribution in [3.63, 3.8) is 0 Å². The van der Waals surface area contributed by atoms with Crippen LogP contribution in [0.25, 0.3) is 67.2 Å². The molecule has 6 heterocycles. The maximum Gasteiger partial charge on any atom is 0.218 e. The summed E-state index contributed by atoms with van der Waals surface area (Å²) in [6.07, 6.45) is 12.4. The molecule has 10 rings (SSSR count). The summed E-state index contributed by atoms with van der Waals surface area (Å²) in [7, 11) is 0. The Bertz CT molecular complexity index is 2640. The van der Waals surface area contributed by atoms with Gasteiger partial charge in [-0.3, -0.25) is 0 Å². The van der Waals surface area contributed by atoms with Crippen molar-refractivity contribution in [1.82, 2.24) is 4.57 Å². The van der Waals surface area contributed by atoms with Crippen LogP contribution in [0.15, 0.2) is 134 Å². The number of allylic oxidation sites excluding steroid dienone is 2. The Kier molecular flexibility index (Phi) is 6.89. The first-order valence-corrected chi connectivity index (χ1v) is 19.0. The third kappa shape index (κ3) is 4.64. The van der Waals surface area contributed by atoms with Crippen molar-refractivity contribution in [2.24, 2.45) is 5.41 Å². The van der Waals surface area contributed by atoms with Crippen molar-refractivity contribution in [2.75, 3.05) is 0 Å². The molecule has 0 aliphatic carbocycles. The number of nitrogens with zero attached hydrogens (tertiary/aromatic N) is 3. The lowest BCUT2D eigenvalue weighted by molar-refractivity contribution is -0.720. The average Bonchev–Trinajstić information content (AvgIpc) is 3.44. The van der Waals surface area contributed by atoms with E-state index in [9.17, 15) is 0 Å². The van der Waals surface area contributed by atoms with Crippen molar-refractivity contribution in [2.45, 2.75) is 65.0 Å². The van der Waals surface area contributed by atoms with Gasteiger partial charge in [0.15, 0.2) is 24.1 Å². The number of hydrogen-bond acceptors (Lipinski definition) is 0. The molecule has 3 aliphatic heterocycles. The number of hydrogen-bond donors (Lipinski definition) is 0.